The third-order valence-electron chi connectivity index (χ3n) is 7.05. The van der Waals surface area contributed by atoms with Crippen molar-refractivity contribution in [1.82, 2.24) is 4.90 Å². The molecule has 2 aliphatic carbocycles. The number of carbonyl (C=O) groups is 1. The zero-order chi connectivity index (χ0) is 18.0. The molecule has 6 atom stereocenters. The molecule has 0 aromatic carbocycles. The molecule has 0 radical (unpaired) electrons. The van der Waals surface area contributed by atoms with Crippen LogP contribution in [0.25, 0.3) is 0 Å². The molecule has 1 amide bonds. The fraction of sp³-hybridized carbons (Fsp3) is 0.955. The Morgan fingerprint density at radius 3 is 1.46 bits per heavy atom. The summed E-state index contributed by atoms with van der Waals surface area (Å²) in [7, 11) is 0. The quantitative estimate of drug-likeness (QED) is 0.640. The highest BCUT2D eigenvalue weighted by atomic mass is 16.2. The van der Waals surface area contributed by atoms with E-state index >= 15 is 0 Å². The van der Waals surface area contributed by atoms with Crippen molar-refractivity contribution in [2.75, 3.05) is 0 Å². The van der Waals surface area contributed by atoms with Crippen LogP contribution < -0.4 is 0 Å². The lowest BCUT2D eigenvalue weighted by Crippen LogP contribution is -2.56. The third-order valence-corrected chi connectivity index (χ3v) is 7.05. The zero-order valence-corrected chi connectivity index (χ0v) is 17.2. The fourth-order valence-corrected chi connectivity index (χ4v) is 5.66. The topological polar surface area (TPSA) is 20.3 Å². The Morgan fingerprint density at radius 1 is 0.792 bits per heavy atom. The smallest absolute Gasteiger partial charge is 0.219 e. The Morgan fingerprint density at radius 2 is 1.17 bits per heavy atom. The van der Waals surface area contributed by atoms with Gasteiger partial charge < -0.3 is 4.90 Å². The summed E-state index contributed by atoms with van der Waals surface area (Å²) in [4.78, 5) is 15.2. The predicted octanol–water partition coefficient (Wildman–Crippen LogP) is 5.76. The van der Waals surface area contributed by atoms with Gasteiger partial charge in [0, 0.05) is 19.0 Å². The van der Waals surface area contributed by atoms with E-state index in [1.807, 2.05) is 6.92 Å². The van der Waals surface area contributed by atoms with Crippen LogP contribution in [-0.4, -0.2) is 22.9 Å². The number of hydrogen-bond donors (Lipinski definition) is 0. The van der Waals surface area contributed by atoms with E-state index < -0.39 is 0 Å². The van der Waals surface area contributed by atoms with Crippen molar-refractivity contribution in [2.45, 2.75) is 99.1 Å². The van der Waals surface area contributed by atoms with E-state index in [4.69, 9.17) is 0 Å². The summed E-state index contributed by atoms with van der Waals surface area (Å²) in [6.07, 6.45) is 7.67. The lowest BCUT2D eigenvalue weighted by molar-refractivity contribution is -0.141. The van der Waals surface area contributed by atoms with Gasteiger partial charge in [-0.2, -0.15) is 0 Å². The van der Waals surface area contributed by atoms with E-state index in [0.717, 1.165) is 11.8 Å². The van der Waals surface area contributed by atoms with E-state index in [0.29, 0.717) is 41.7 Å². The van der Waals surface area contributed by atoms with Gasteiger partial charge in [-0.25, -0.2) is 0 Å². The van der Waals surface area contributed by atoms with E-state index in [2.05, 4.69) is 46.4 Å². The molecule has 0 aromatic heterocycles. The number of hydrogen-bond acceptors (Lipinski definition) is 1. The van der Waals surface area contributed by atoms with Crippen LogP contribution in [0, 0.1) is 35.5 Å². The molecule has 2 saturated carbocycles. The monoisotopic (exact) mass is 335 g/mol. The van der Waals surface area contributed by atoms with Gasteiger partial charge in [0.15, 0.2) is 0 Å². The Balaban J connectivity index is 2.32. The minimum absolute atomic E-state index is 0.324. The fourth-order valence-electron chi connectivity index (χ4n) is 5.66. The van der Waals surface area contributed by atoms with Crippen LogP contribution in [0.5, 0.6) is 0 Å². The molecule has 0 aliphatic heterocycles. The lowest BCUT2D eigenvalue weighted by Gasteiger charge is -2.51. The zero-order valence-electron chi connectivity index (χ0n) is 17.2. The molecule has 2 aliphatic rings. The molecular weight excluding hydrogens is 294 g/mol. The maximum atomic E-state index is 12.8. The summed E-state index contributed by atoms with van der Waals surface area (Å²) in [5.41, 5.74) is 0. The molecule has 0 spiro atoms. The van der Waals surface area contributed by atoms with Crippen LogP contribution in [0.4, 0.5) is 0 Å². The van der Waals surface area contributed by atoms with Crippen LogP contribution >= 0.6 is 0 Å². The average molecular weight is 336 g/mol. The molecule has 2 nitrogen and oxygen atoms in total. The molecule has 0 heterocycles. The molecule has 2 rings (SSSR count). The molecular formula is C22H41NO. The predicted molar refractivity (Wildman–Crippen MR) is 103 cm³/mol. The van der Waals surface area contributed by atoms with Crippen LogP contribution in [0.3, 0.4) is 0 Å². The first-order valence-corrected chi connectivity index (χ1v) is 10.5. The number of nitrogens with zero attached hydrogens (tertiary/aromatic N) is 1. The third kappa shape index (κ3) is 4.35. The average Bonchev–Trinajstić information content (AvgIpc) is 2.46. The molecule has 24 heavy (non-hydrogen) atoms. The second-order valence-corrected chi connectivity index (χ2v) is 9.71. The van der Waals surface area contributed by atoms with Crippen LogP contribution in [0.1, 0.15) is 87.0 Å². The minimum Gasteiger partial charge on any atom is -0.336 e. The molecule has 0 bridgehead atoms. The summed E-state index contributed by atoms with van der Waals surface area (Å²) >= 11 is 0. The number of rotatable bonds is 4. The SMILES string of the molecule is CC(=O)N(C1CC(C)CCC1C(C)C)C1CC(C)CCC1C(C)C. The standard InChI is InChI=1S/C22H41NO/c1-14(2)19-10-8-16(5)12-21(19)23(18(7)24)22-13-17(6)9-11-20(22)15(3)4/h14-17,19-22H,8-13H2,1-7H3. The number of carbonyl (C=O) groups excluding carboxylic acids is 1. The van der Waals surface area contributed by atoms with Gasteiger partial charge in [-0.1, -0.05) is 54.4 Å². The van der Waals surface area contributed by atoms with Crippen molar-refractivity contribution in [2.24, 2.45) is 35.5 Å². The highest BCUT2D eigenvalue weighted by Crippen LogP contribution is 2.42. The first kappa shape index (κ1) is 19.8. The van der Waals surface area contributed by atoms with Crippen molar-refractivity contribution >= 4 is 5.91 Å². The Labute approximate surface area is 150 Å². The molecule has 0 aromatic rings. The van der Waals surface area contributed by atoms with Crippen molar-refractivity contribution < 1.29 is 4.79 Å². The summed E-state index contributed by atoms with van der Waals surface area (Å²) in [5.74, 6) is 4.52. The second-order valence-electron chi connectivity index (χ2n) is 9.71. The van der Waals surface area contributed by atoms with Crippen LogP contribution in [0.15, 0.2) is 0 Å². The van der Waals surface area contributed by atoms with Crippen LogP contribution in [0.2, 0.25) is 0 Å². The maximum Gasteiger partial charge on any atom is 0.219 e. The molecule has 0 N–H and O–H groups in total. The molecule has 2 heteroatoms. The van der Waals surface area contributed by atoms with Crippen molar-refractivity contribution in [3.8, 4) is 0 Å². The summed E-state index contributed by atoms with van der Waals surface area (Å²) in [6, 6.07) is 0.922. The summed E-state index contributed by atoms with van der Waals surface area (Å²) in [6.45, 7) is 16.0. The van der Waals surface area contributed by atoms with E-state index in [1.165, 1.54) is 38.5 Å². The van der Waals surface area contributed by atoms with Crippen LogP contribution in [-0.2, 0) is 4.79 Å². The van der Waals surface area contributed by atoms with Crippen molar-refractivity contribution in [3.63, 3.8) is 0 Å². The van der Waals surface area contributed by atoms with Crippen molar-refractivity contribution in [3.05, 3.63) is 0 Å². The summed E-state index contributed by atoms with van der Waals surface area (Å²) in [5, 5.41) is 0. The Hall–Kier alpha value is -0.530. The Kier molecular flexibility index (Phi) is 6.79. The minimum atomic E-state index is 0.324. The van der Waals surface area contributed by atoms with E-state index in [9.17, 15) is 4.79 Å². The van der Waals surface area contributed by atoms with Crippen molar-refractivity contribution in [1.29, 1.82) is 0 Å². The maximum absolute atomic E-state index is 12.8. The normalized spacial score (nSPS) is 37.7. The Bertz CT molecular complexity index is 384. The largest absolute Gasteiger partial charge is 0.336 e. The highest BCUT2D eigenvalue weighted by molar-refractivity contribution is 5.74. The van der Waals surface area contributed by atoms with Gasteiger partial charge in [0.05, 0.1) is 0 Å². The molecule has 2 fully saturated rings. The summed E-state index contributed by atoms with van der Waals surface area (Å²) < 4.78 is 0. The lowest BCUT2D eigenvalue weighted by atomic mass is 9.69. The second kappa shape index (κ2) is 8.23. The number of amides is 1. The van der Waals surface area contributed by atoms with Gasteiger partial charge in [-0.05, 0) is 61.2 Å². The first-order valence-electron chi connectivity index (χ1n) is 10.5. The van der Waals surface area contributed by atoms with Gasteiger partial charge in [-0.15, -0.1) is 0 Å². The van der Waals surface area contributed by atoms with E-state index in [-0.39, 0.29) is 0 Å². The van der Waals surface area contributed by atoms with Gasteiger partial charge in [0.1, 0.15) is 0 Å². The molecule has 0 saturated heterocycles. The van der Waals surface area contributed by atoms with Gasteiger partial charge in [0.25, 0.3) is 0 Å². The highest BCUT2D eigenvalue weighted by Gasteiger charge is 2.43. The molecule has 140 valence electrons. The van der Waals surface area contributed by atoms with E-state index in [1.54, 1.807) is 0 Å². The van der Waals surface area contributed by atoms with Gasteiger partial charge >= 0.3 is 0 Å². The first-order chi connectivity index (χ1) is 11.2. The molecule has 6 unspecified atom stereocenters. The van der Waals surface area contributed by atoms with Gasteiger partial charge in [-0.3, -0.25) is 4.79 Å². The van der Waals surface area contributed by atoms with Gasteiger partial charge in [0.2, 0.25) is 5.91 Å².